The predicted molar refractivity (Wildman–Crippen MR) is 79.1 cm³/mol. The van der Waals surface area contributed by atoms with E-state index < -0.39 is 29.4 Å². The van der Waals surface area contributed by atoms with E-state index in [1.807, 2.05) is 13.8 Å². The fourth-order valence-electron chi connectivity index (χ4n) is 1.80. The van der Waals surface area contributed by atoms with Crippen LogP contribution in [0, 0.1) is 0 Å². The molecule has 1 saturated heterocycles. The Morgan fingerprint density at radius 2 is 2.14 bits per heavy atom. The van der Waals surface area contributed by atoms with Crippen LogP contribution in [0.4, 0.5) is 4.79 Å². The number of hydrogen-bond donors (Lipinski definition) is 2. The summed E-state index contributed by atoms with van der Waals surface area (Å²) in [5.74, 6) is -1.55. The average Bonchev–Trinajstić information content (AvgIpc) is 2.46. The van der Waals surface area contributed by atoms with E-state index in [-0.39, 0.29) is 22.5 Å². The van der Waals surface area contributed by atoms with Crippen molar-refractivity contribution in [1.29, 1.82) is 0 Å². The van der Waals surface area contributed by atoms with Crippen LogP contribution in [0.15, 0.2) is 10.7 Å². The van der Waals surface area contributed by atoms with Crippen LogP contribution in [0.2, 0.25) is 0 Å². The molecule has 2 aliphatic rings. The van der Waals surface area contributed by atoms with Gasteiger partial charge in [0.2, 0.25) is 0 Å². The zero-order chi connectivity index (χ0) is 16.2. The van der Waals surface area contributed by atoms with Crippen molar-refractivity contribution in [3.8, 4) is 0 Å². The highest BCUT2D eigenvalue weighted by Crippen LogP contribution is 2.41. The molecular weight excluding hydrogens is 343 g/mol. The number of nitrogens with one attached hydrogen (secondary N) is 1. The molecule has 0 spiro atoms. The lowest BCUT2D eigenvalue weighted by atomic mass is 10.1. The number of fused-ring (bicyclic) bond motifs is 1. The van der Waals surface area contributed by atoms with Crippen LogP contribution in [0.25, 0.3) is 0 Å². The first-order chi connectivity index (χ1) is 9.97. The Morgan fingerprint density at radius 1 is 1.52 bits per heavy atom. The number of carboxylic acids is 1. The molecule has 0 aliphatic carbocycles. The minimum atomic E-state index is -1.27. The van der Waals surface area contributed by atoms with Gasteiger partial charge in [-0.2, -0.15) is 0 Å². The fraction of sp³-hybridized carbons (Fsp3) is 0.545. The highest BCUT2D eigenvalue weighted by Gasteiger charge is 2.54. The van der Waals surface area contributed by atoms with Crippen LogP contribution in [0.5, 0.6) is 0 Å². The van der Waals surface area contributed by atoms with Gasteiger partial charge >= 0.3 is 12.1 Å². The Morgan fingerprint density at radius 3 is 2.67 bits per heavy atom. The number of carbonyl (C=O) groups excluding carboxylic acids is 2. The van der Waals surface area contributed by atoms with Crippen molar-refractivity contribution in [2.45, 2.75) is 25.3 Å². The van der Waals surface area contributed by atoms with E-state index in [0.717, 1.165) is 4.90 Å². The van der Waals surface area contributed by atoms with Crippen LogP contribution in [0.1, 0.15) is 13.8 Å². The molecule has 2 unspecified atom stereocenters. The van der Waals surface area contributed by atoms with E-state index in [1.165, 1.54) is 11.8 Å². The minimum absolute atomic E-state index is 0.101. The molecule has 2 aliphatic heterocycles. The third kappa shape index (κ3) is 3.56. The zero-order valence-corrected chi connectivity index (χ0v) is 13.6. The number of hydrogen-bond acceptors (Lipinski definition) is 5. The highest BCUT2D eigenvalue weighted by molar-refractivity contribution is 8.00. The number of amides is 2. The molecule has 2 N–H and O–H groups in total. The number of nitrogens with zero attached hydrogens (tertiary/aromatic N) is 1. The van der Waals surface area contributed by atoms with Gasteiger partial charge in [-0.05, 0) is 0 Å². The summed E-state index contributed by atoms with van der Waals surface area (Å²) in [6.45, 7) is 4.00. The van der Waals surface area contributed by atoms with Crippen molar-refractivity contribution in [3.05, 3.63) is 10.7 Å². The van der Waals surface area contributed by atoms with Crippen molar-refractivity contribution in [2.75, 3.05) is 11.8 Å². The average molecular weight is 357 g/mol. The summed E-state index contributed by atoms with van der Waals surface area (Å²) in [4.78, 5) is 35.2. The van der Waals surface area contributed by atoms with Gasteiger partial charge < -0.3 is 15.2 Å². The Bertz CT molecular complexity index is 485. The van der Waals surface area contributed by atoms with Gasteiger partial charge in [0.15, 0.2) is 6.07 Å². The Balaban J connectivity index is 0.00000106. The number of ether oxygens (including phenoxy) is 1. The summed E-state index contributed by atoms with van der Waals surface area (Å²) >= 11 is 12.3. The topological polar surface area (TPSA) is 95.9 Å². The number of β-lactam (4-membered cyclic amide) rings is 1. The maximum atomic E-state index is 11.8. The second-order valence-electron chi connectivity index (χ2n) is 3.63. The number of alkyl halides is 1. The van der Waals surface area contributed by atoms with Gasteiger partial charge in [-0.15, -0.1) is 11.8 Å². The summed E-state index contributed by atoms with van der Waals surface area (Å²) in [6, 6.07) is -1.17. The quantitative estimate of drug-likeness (QED) is 0.590. The van der Waals surface area contributed by atoms with Crippen molar-refractivity contribution in [1.82, 2.24) is 10.2 Å². The Kier molecular flexibility index (Phi) is 6.63. The van der Waals surface area contributed by atoms with Crippen molar-refractivity contribution in [2.24, 2.45) is 0 Å². The first-order valence-corrected chi connectivity index (χ1v) is 7.99. The number of carboxylic acid groups (broad SMARTS) is 1. The molecule has 2 amide bonds. The third-order valence-electron chi connectivity index (χ3n) is 2.58. The monoisotopic (exact) mass is 356 g/mol. The van der Waals surface area contributed by atoms with Crippen molar-refractivity contribution in [3.63, 3.8) is 0 Å². The fourth-order valence-corrected chi connectivity index (χ4v) is 3.45. The Labute approximate surface area is 135 Å². The van der Waals surface area contributed by atoms with Gasteiger partial charge in [0.25, 0.3) is 5.91 Å². The zero-order valence-electron chi connectivity index (χ0n) is 11.3. The Hall–Kier alpha value is -1.12. The van der Waals surface area contributed by atoms with Crippen LogP contribution in [0.3, 0.4) is 0 Å². The molecule has 0 aromatic rings. The molecule has 7 nitrogen and oxygen atoms in total. The van der Waals surface area contributed by atoms with Crippen LogP contribution < -0.4 is 5.32 Å². The van der Waals surface area contributed by atoms with E-state index in [9.17, 15) is 14.4 Å². The molecule has 0 aromatic heterocycles. The predicted octanol–water partition coefficient (Wildman–Crippen LogP) is 1.75. The minimum Gasteiger partial charge on any atom is -0.477 e. The molecule has 0 radical (unpaired) electrons. The lowest BCUT2D eigenvalue weighted by Gasteiger charge is -2.48. The lowest BCUT2D eigenvalue weighted by molar-refractivity contribution is -0.148. The molecule has 2 atom stereocenters. The number of alkyl carbamates (subject to hydrolysis) is 1. The standard InChI is InChI=1S/C9H8Cl2N2O5S.C2H6/c10-2-18-9(17)12-4-6(14)13-5(8(15)16)3(11)1-19-7(4)13;1-2/h4,7H,1-2H2,(H,12,17)(H,15,16);1-2H3. The second-order valence-corrected chi connectivity index (χ2v) is 5.41. The van der Waals surface area contributed by atoms with Gasteiger partial charge in [0.1, 0.15) is 17.1 Å². The van der Waals surface area contributed by atoms with Gasteiger partial charge in [-0.3, -0.25) is 9.69 Å². The lowest BCUT2D eigenvalue weighted by Crippen LogP contribution is -2.70. The van der Waals surface area contributed by atoms with Gasteiger partial charge in [0.05, 0.1) is 5.03 Å². The molecule has 0 bridgehead atoms. The highest BCUT2D eigenvalue weighted by atomic mass is 35.5. The van der Waals surface area contributed by atoms with E-state index in [2.05, 4.69) is 10.1 Å². The SMILES string of the molecule is CC.O=C(NC1C(=O)N2C(C(=O)O)=C(Cl)CSC12)OCCl. The maximum Gasteiger partial charge on any atom is 0.409 e. The second kappa shape index (κ2) is 7.77. The summed E-state index contributed by atoms with van der Waals surface area (Å²) < 4.78 is 4.45. The molecule has 10 heteroatoms. The van der Waals surface area contributed by atoms with Crippen LogP contribution in [-0.4, -0.2) is 51.2 Å². The van der Waals surface area contributed by atoms with Crippen LogP contribution in [-0.2, 0) is 14.3 Å². The van der Waals surface area contributed by atoms with Crippen molar-refractivity contribution < 1.29 is 24.2 Å². The third-order valence-corrected chi connectivity index (χ3v) is 4.44. The molecule has 1 fully saturated rings. The number of thioether (sulfide) groups is 1. The van der Waals surface area contributed by atoms with Crippen LogP contribution >= 0.6 is 35.0 Å². The summed E-state index contributed by atoms with van der Waals surface area (Å²) in [6.07, 6.45) is -0.828. The van der Waals surface area contributed by atoms with E-state index >= 15 is 0 Å². The molecular formula is C11H14Cl2N2O5S. The molecule has 21 heavy (non-hydrogen) atoms. The van der Waals surface area contributed by atoms with Gasteiger partial charge in [-0.1, -0.05) is 37.0 Å². The molecule has 0 aromatic carbocycles. The largest absolute Gasteiger partial charge is 0.477 e. The number of carbonyl (C=O) groups is 3. The van der Waals surface area contributed by atoms with Gasteiger partial charge in [-0.25, -0.2) is 9.59 Å². The first kappa shape index (κ1) is 17.9. The summed E-state index contributed by atoms with van der Waals surface area (Å²) in [7, 11) is 0. The van der Waals surface area contributed by atoms with Gasteiger partial charge in [0, 0.05) is 5.75 Å². The number of rotatable bonds is 3. The molecule has 0 saturated carbocycles. The molecule has 2 heterocycles. The first-order valence-electron chi connectivity index (χ1n) is 6.03. The van der Waals surface area contributed by atoms with Crippen molar-refractivity contribution >= 4 is 52.9 Å². The number of halogens is 2. The summed E-state index contributed by atoms with van der Waals surface area (Å²) in [5, 5.41) is 11.0. The normalized spacial score (nSPS) is 23.4. The van der Waals surface area contributed by atoms with E-state index in [1.54, 1.807) is 0 Å². The smallest absolute Gasteiger partial charge is 0.409 e. The van der Waals surface area contributed by atoms with E-state index in [4.69, 9.17) is 28.3 Å². The maximum absolute atomic E-state index is 11.8. The molecule has 2 rings (SSSR count). The number of aliphatic carboxylic acids is 1. The summed E-state index contributed by atoms with van der Waals surface area (Å²) in [5.41, 5.74) is -0.237. The van der Waals surface area contributed by atoms with E-state index in [0.29, 0.717) is 0 Å². The molecule has 118 valence electrons.